The van der Waals surface area contributed by atoms with Crippen LogP contribution >= 0.6 is 0 Å². The minimum atomic E-state index is 0.856. The zero-order valence-electron chi connectivity index (χ0n) is 7.72. The summed E-state index contributed by atoms with van der Waals surface area (Å²) in [5, 5.41) is 3.87. The van der Waals surface area contributed by atoms with Gasteiger partial charge in [-0.1, -0.05) is 13.3 Å². The predicted molar refractivity (Wildman–Crippen MR) is 47.1 cm³/mol. The van der Waals surface area contributed by atoms with E-state index in [1.807, 2.05) is 18.5 Å². The van der Waals surface area contributed by atoms with Crippen molar-refractivity contribution in [1.82, 2.24) is 5.43 Å². The number of nitrogens with one attached hydrogen (secondary N) is 1. The highest BCUT2D eigenvalue weighted by Gasteiger charge is 1.88. The molecule has 0 bridgehead atoms. The minimum absolute atomic E-state index is 0.856. The summed E-state index contributed by atoms with van der Waals surface area (Å²) in [4.78, 5) is 0. The van der Waals surface area contributed by atoms with Gasteiger partial charge >= 0.3 is 6.01 Å². The summed E-state index contributed by atoms with van der Waals surface area (Å²) in [5.74, 6) is 0. The molecule has 64 valence electrons. The average molecular weight is 156 g/mol. The molecule has 0 heterocycles. The summed E-state index contributed by atoms with van der Waals surface area (Å²) in [5.41, 5.74) is 2.83. The Balaban J connectivity index is 3.60. The molecule has 0 saturated carbocycles. The summed E-state index contributed by atoms with van der Waals surface area (Å²) < 4.78 is 1.96. The standard InChI is InChI=1S/C8H18N3/c1-4-6-7-11(3)8-10-9-5-2/h9H,4-7H2,1-3H3/q+1. The van der Waals surface area contributed by atoms with Crippen molar-refractivity contribution in [2.24, 2.45) is 5.10 Å². The fraction of sp³-hybridized carbons (Fsp3) is 0.875. The van der Waals surface area contributed by atoms with Gasteiger partial charge in [0.25, 0.3) is 0 Å². The minimum Gasteiger partial charge on any atom is -0.221 e. The third-order valence-electron chi connectivity index (χ3n) is 1.30. The molecule has 3 heteroatoms. The smallest absolute Gasteiger partial charge is 0.221 e. The Bertz CT molecular complexity index is 145. The molecule has 0 aliphatic carbocycles. The first-order valence-corrected chi connectivity index (χ1v) is 4.20. The molecule has 0 aromatic carbocycles. The lowest BCUT2D eigenvalue weighted by Crippen LogP contribution is -2.08. The van der Waals surface area contributed by atoms with Crippen molar-refractivity contribution in [3.05, 3.63) is 0 Å². The Morgan fingerprint density at radius 2 is 2.18 bits per heavy atom. The van der Waals surface area contributed by atoms with Gasteiger partial charge in [-0.15, -0.1) is 0 Å². The molecular formula is C8H18N3+. The Morgan fingerprint density at radius 1 is 1.45 bits per heavy atom. The normalized spacial score (nSPS) is 8.64. The molecule has 0 fully saturated rings. The van der Waals surface area contributed by atoms with Gasteiger partial charge in [0.05, 0.1) is 25.2 Å². The number of hydrazone groups is 1. The Kier molecular flexibility index (Phi) is 6.75. The van der Waals surface area contributed by atoms with E-state index >= 15 is 0 Å². The van der Waals surface area contributed by atoms with E-state index in [0.29, 0.717) is 0 Å². The fourth-order valence-corrected chi connectivity index (χ4v) is 0.645. The van der Waals surface area contributed by atoms with E-state index in [4.69, 9.17) is 0 Å². The molecule has 11 heavy (non-hydrogen) atoms. The van der Waals surface area contributed by atoms with Crippen molar-refractivity contribution in [2.45, 2.75) is 26.7 Å². The van der Waals surface area contributed by atoms with Crippen molar-refractivity contribution < 1.29 is 4.58 Å². The topological polar surface area (TPSA) is 27.4 Å². The van der Waals surface area contributed by atoms with Gasteiger partial charge in [-0.25, -0.2) is 10.0 Å². The summed E-state index contributed by atoms with van der Waals surface area (Å²) in [6.45, 7) is 6.08. The Morgan fingerprint density at radius 3 is 2.73 bits per heavy atom. The molecule has 0 atom stereocenters. The Labute approximate surface area is 68.8 Å². The summed E-state index contributed by atoms with van der Waals surface area (Å²) in [6, 6.07) is 2.87. The van der Waals surface area contributed by atoms with Crippen LogP contribution in [0.15, 0.2) is 5.10 Å². The zero-order valence-corrected chi connectivity index (χ0v) is 7.72. The number of hydrogen-bond donors (Lipinski definition) is 1. The van der Waals surface area contributed by atoms with Crippen LogP contribution in [0.4, 0.5) is 0 Å². The van der Waals surface area contributed by atoms with Gasteiger partial charge in [-0.2, -0.15) is 0 Å². The van der Waals surface area contributed by atoms with Crippen molar-refractivity contribution in [3.8, 4) is 0 Å². The lowest BCUT2D eigenvalue weighted by atomic mass is 10.3. The van der Waals surface area contributed by atoms with Gasteiger partial charge in [-0.3, -0.25) is 0 Å². The maximum Gasteiger partial charge on any atom is 0.338 e. The first-order chi connectivity index (χ1) is 5.31. The number of rotatable bonds is 5. The summed E-state index contributed by atoms with van der Waals surface area (Å²) >= 11 is 0. The van der Waals surface area contributed by atoms with Gasteiger partial charge < -0.3 is 0 Å². The molecule has 0 aliphatic heterocycles. The maximum atomic E-state index is 3.87. The van der Waals surface area contributed by atoms with Crippen LogP contribution in [-0.4, -0.2) is 30.7 Å². The van der Waals surface area contributed by atoms with E-state index < -0.39 is 0 Å². The van der Waals surface area contributed by atoms with Crippen LogP contribution in [-0.2, 0) is 0 Å². The van der Waals surface area contributed by atoms with Crippen LogP contribution in [0.3, 0.4) is 0 Å². The van der Waals surface area contributed by atoms with Crippen LogP contribution in [0.2, 0.25) is 0 Å². The molecule has 0 saturated heterocycles. The van der Waals surface area contributed by atoms with Gasteiger partial charge in [-0.05, 0) is 13.3 Å². The quantitative estimate of drug-likeness (QED) is 0.360. The third-order valence-corrected chi connectivity index (χ3v) is 1.30. The van der Waals surface area contributed by atoms with Crippen LogP contribution in [0, 0.1) is 0 Å². The molecular weight excluding hydrogens is 138 g/mol. The molecule has 0 aromatic rings. The fourth-order valence-electron chi connectivity index (χ4n) is 0.645. The van der Waals surface area contributed by atoms with Gasteiger partial charge in [0.15, 0.2) is 0 Å². The van der Waals surface area contributed by atoms with Gasteiger partial charge in [0.2, 0.25) is 0 Å². The van der Waals surface area contributed by atoms with E-state index in [1.165, 1.54) is 12.8 Å². The molecule has 0 radical (unpaired) electrons. The summed E-state index contributed by atoms with van der Waals surface area (Å²) in [6.07, 6.45) is 2.42. The number of nitrogens with zero attached hydrogens (tertiary/aromatic N) is 2. The highest BCUT2D eigenvalue weighted by molar-refractivity contribution is 5.32. The second kappa shape index (κ2) is 7.29. The molecule has 0 aromatic heterocycles. The van der Waals surface area contributed by atoms with Crippen LogP contribution in [0.1, 0.15) is 26.7 Å². The number of hydrogen-bond acceptors (Lipinski definition) is 2. The predicted octanol–water partition coefficient (Wildman–Crippen LogP) is 1.13. The molecule has 0 aliphatic rings. The highest BCUT2D eigenvalue weighted by Crippen LogP contribution is 1.83. The Hall–Kier alpha value is -0.820. The molecule has 3 nitrogen and oxygen atoms in total. The first kappa shape index (κ1) is 10.2. The second-order valence-electron chi connectivity index (χ2n) is 2.50. The molecule has 0 rings (SSSR count). The molecule has 0 spiro atoms. The summed E-state index contributed by atoms with van der Waals surface area (Å²) in [7, 11) is 1.98. The maximum absolute atomic E-state index is 3.87. The lowest BCUT2D eigenvalue weighted by molar-refractivity contribution is -0.491. The van der Waals surface area contributed by atoms with Crippen LogP contribution < -0.4 is 5.43 Å². The lowest BCUT2D eigenvalue weighted by Gasteiger charge is -1.91. The molecule has 0 unspecified atom stereocenters. The van der Waals surface area contributed by atoms with Crippen molar-refractivity contribution >= 4 is 6.01 Å². The van der Waals surface area contributed by atoms with Crippen LogP contribution in [0.5, 0.6) is 0 Å². The van der Waals surface area contributed by atoms with E-state index in [0.717, 1.165) is 13.1 Å². The molecule has 0 amide bonds. The van der Waals surface area contributed by atoms with Crippen LogP contribution in [0.25, 0.3) is 0 Å². The monoisotopic (exact) mass is 156 g/mol. The van der Waals surface area contributed by atoms with E-state index in [2.05, 4.69) is 23.5 Å². The average Bonchev–Trinajstić information content (AvgIpc) is 2.01. The van der Waals surface area contributed by atoms with Crippen molar-refractivity contribution in [3.63, 3.8) is 0 Å². The zero-order chi connectivity index (χ0) is 8.53. The van der Waals surface area contributed by atoms with Gasteiger partial charge in [0, 0.05) is 0 Å². The van der Waals surface area contributed by atoms with E-state index in [9.17, 15) is 0 Å². The van der Waals surface area contributed by atoms with Gasteiger partial charge in [0.1, 0.15) is 0 Å². The van der Waals surface area contributed by atoms with Crippen molar-refractivity contribution in [2.75, 3.05) is 20.1 Å². The molecule has 1 N–H and O–H groups in total. The van der Waals surface area contributed by atoms with E-state index in [-0.39, 0.29) is 0 Å². The van der Waals surface area contributed by atoms with E-state index in [1.54, 1.807) is 0 Å². The number of unbranched alkanes of at least 4 members (excludes halogenated alkanes) is 1. The largest absolute Gasteiger partial charge is 0.338 e. The first-order valence-electron chi connectivity index (χ1n) is 4.20. The van der Waals surface area contributed by atoms with Crippen molar-refractivity contribution in [1.29, 1.82) is 0 Å². The highest BCUT2D eigenvalue weighted by atomic mass is 15.3. The SMILES string of the molecule is CCCC[N+](C)=C=NNCC. The second-order valence-corrected chi connectivity index (χ2v) is 2.50. The third kappa shape index (κ3) is 7.07.